The zero-order valence-corrected chi connectivity index (χ0v) is 13.7. The zero-order valence-electron chi connectivity index (χ0n) is 13.7. The van der Waals surface area contributed by atoms with E-state index in [4.69, 9.17) is 0 Å². The van der Waals surface area contributed by atoms with E-state index in [0.717, 1.165) is 12.5 Å². The van der Waals surface area contributed by atoms with Gasteiger partial charge in [-0.2, -0.15) is 0 Å². The minimum atomic E-state index is -0.165. The maximum atomic E-state index is 9.72. The summed E-state index contributed by atoms with van der Waals surface area (Å²) in [6.07, 6.45) is 3.83. The quantitative estimate of drug-likeness (QED) is 0.738. The standard InChI is InChI=1S/C16H33N3O/c1-13(2)17-16(4,12-20)11-14(3)18-7-9-19(10-8-18)15-5-6-15/h13-15,17,20H,5-12H2,1-4H3. The van der Waals surface area contributed by atoms with Gasteiger partial charge in [-0.3, -0.25) is 9.80 Å². The number of nitrogens with one attached hydrogen (secondary N) is 1. The van der Waals surface area contributed by atoms with Gasteiger partial charge in [0.05, 0.1) is 6.61 Å². The van der Waals surface area contributed by atoms with Gasteiger partial charge in [0.2, 0.25) is 0 Å². The average Bonchev–Trinajstić information content (AvgIpc) is 3.22. The fraction of sp³-hybridized carbons (Fsp3) is 1.00. The molecule has 4 nitrogen and oxygen atoms in total. The van der Waals surface area contributed by atoms with Crippen LogP contribution >= 0.6 is 0 Å². The first-order chi connectivity index (χ1) is 9.43. The number of hydrogen-bond acceptors (Lipinski definition) is 4. The molecule has 0 bridgehead atoms. The molecule has 2 N–H and O–H groups in total. The van der Waals surface area contributed by atoms with Gasteiger partial charge < -0.3 is 10.4 Å². The van der Waals surface area contributed by atoms with Crippen LogP contribution in [0, 0.1) is 0 Å². The predicted molar refractivity (Wildman–Crippen MR) is 84.0 cm³/mol. The van der Waals surface area contributed by atoms with Crippen molar-refractivity contribution in [3.63, 3.8) is 0 Å². The number of hydrogen-bond donors (Lipinski definition) is 2. The van der Waals surface area contributed by atoms with Crippen LogP contribution in [0.3, 0.4) is 0 Å². The summed E-state index contributed by atoms with van der Waals surface area (Å²) in [5.41, 5.74) is -0.165. The van der Waals surface area contributed by atoms with E-state index in [9.17, 15) is 5.11 Å². The van der Waals surface area contributed by atoms with Crippen LogP contribution in [0.25, 0.3) is 0 Å². The lowest BCUT2D eigenvalue weighted by molar-refractivity contribution is 0.0664. The fourth-order valence-corrected chi connectivity index (χ4v) is 3.63. The Hall–Kier alpha value is -0.160. The summed E-state index contributed by atoms with van der Waals surface area (Å²) < 4.78 is 0. The van der Waals surface area contributed by atoms with Crippen molar-refractivity contribution < 1.29 is 5.11 Å². The lowest BCUT2D eigenvalue weighted by Crippen LogP contribution is -2.56. The highest BCUT2D eigenvalue weighted by molar-refractivity contribution is 4.92. The fourth-order valence-electron chi connectivity index (χ4n) is 3.63. The maximum Gasteiger partial charge on any atom is 0.0611 e. The Morgan fingerprint density at radius 3 is 2.20 bits per heavy atom. The molecule has 4 heteroatoms. The summed E-state index contributed by atoms with van der Waals surface area (Å²) in [4.78, 5) is 5.25. The number of piperazine rings is 1. The molecule has 118 valence electrons. The Bertz CT molecular complexity index is 298. The smallest absolute Gasteiger partial charge is 0.0611 e. The van der Waals surface area contributed by atoms with Gasteiger partial charge in [0.25, 0.3) is 0 Å². The molecular weight excluding hydrogens is 250 g/mol. The van der Waals surface area contributed by atoms with Gasteiger partial charge in [-0.15, -0.1) is 0 Å². The van der Waals surface area contributed by atoms with Crippen LogP contribution in [-0.2, 0) is 0 Å². The summed E-state index contributed by atoms with van der Waals surface area (Å²) in [5.74, 6) is 0. The molecule has 1 aliphatic carbocycles. The first-order valence-electron chi connectivity index (χ1n) is 8.30. The van der Waals surface area contributed by atoms with E-state index in [0.29, 0.717) is 12.1 Å². The molecule has 2 rings (SSSR count). The number of rotatable bonds is 7. The molecule has 2 fully saturated rings. The summed E-state index contributed by atoms with van der Waals surface area (Å²) in [5, 5.41) is 13.2. The van der Waals surface area contributed by atoms with Crippen LogP contribution in [0.5, 0.6) is 0 Å². The maximum absolute atomic E-state index is 9.72. The summed E-state index contributed by atoms with van der Waals surface area (Å²) in [7, 11) is 0. The predicted octanol–water partition coefficient (Wildman–Crippen LogP) is 1.29. The SMILES string of the molecule is CC(C)NC(C)(CO)CC(C)N1CCN(C2CC2)CC1. The molecule has 0 amide bonds. The molecule has 0 aromatic heterocycles. The van der Waals surface area contributed by atoms with Crippen molar-refractivity contribution >= 4 is 0 Å². The summed E-state index contributed by atoms with van der Waals surface area (Å²) in [6.45, 7) is 13.8. The monoisotopic (exact) mass is 283 g/mol. The Kier molecular flexibility index (Phi) is 5.46. The highest BCUT2D eigenvalue weighted by Gasteiger charge is 2.34. The van der Waals surface area contributed by atoms with Crippen molar-refractivity contribution in [3.05, 3.63) is 0 Å². The van der Waals surface area contributed by atoms with Crippen molar-refractivity contribution in [2.45, 2.75) is 70.6 Å². The van der Waals surface area contributed by atoms with Crippen LogP contribution in [-0.4, -0.2) is 71.4 Å². The van der Waals surface area contributed by atoms with Crippen molar-refractivity contribution in [2.24, 2.45) is 0 Å². The van der Waals surface area contributed by atoms with E-state index < -0.39 is 0 Å². The van der Waals surface area contributed by atoms with E-state index in [1.54, 1.807) is 0 Å². The molecule has 1 aliphatic heterocycles. The second kappa shape index (κ2) is 6.73. The van der Waals surface area contributed by atoms with Crippen LogP contribution < -0.4 is 5.32 Å². The topological polar surface area (TPSA) is 38.7 Å². The Balaban J connectivity index is 1.79. The van der Waals surface area contributed by atoms with E-state index in [2.05, 4.69) is 42.8 Å². The average molecular weight is 283 g/mol. The van der Waals surface area contributed by atoms with Crippen LogP contribution in [0.2, 0.25) is 0 Å². The Morgan fingerprint density at radius 2 is 1.75 bits per heavy atom. The number of aliphatic hydroxyl groups excluding tert-OH is 1. The van der Waals surface area contributed by atoms with Gasteiger partial charge in [0.15, 0.2) is 0 Å². The highest BCUT2D eigenvalue weighted by atomic mass is 16.3. The normalized spacial score (nSPS) is 26.7. The third-order valence-corrected chi connectivity index (χ3v) is 4.77. The van der Waals surface area contributed by atoms with Gasteiger partial charge in [-0.25, -0.2) is 0 Å². The van der Waals surface area contributed by atoms with Gasteiger partial charge in [-0.1, -0.05) is 13.8 Å². The molecule has 2 aliphatic rings. The van der Waals surface area contributed by atoms with Gasteiger partial charge in [-0.05, 0) is 33.1 Å². The lowest BCUT2D eigenvalue weighted by Gasteiger charge is -2.42. The van der Waals surface area contributed by atoms with Crippen molar-refractivity contribution in [1.82, 2.24) is 15.1 Å². The molecular formula is C16H33N3O. The zero-order chi connectivity index (χ0) is 14.8. The molecule has 1 heterocycles. The summed E-state index contributed by atoms with van der Waals surface area (Å²) >= 11 is 0. The summed E-state index contributed by atoms with van der Waals surface area (Å²) in [6, 6.07) is 1.84. The second-order valence-corrected chi connectivity index (χ2v) is 7.37. The number of nitrogens with zero attached hydrogens (tertiary/aromatic N) is 2. The minimum absolute atomic E-state index is 0.165. The molecule has 0 aromatic rings. The molecule has 0 spiro atoms. The first-order valence-corrected chi connectivity index (χ1v) is 8.30. The molecule has 0 aromatic carbocycles. The minimum Gasteiger partial charge on any atom is -0.394 e. The van der Waals surface area contributed by atoms with Gasteiger partial charge >= 0.3 is 0 Å². The largest absolute Gasteiger partial charge is 0.394 e. The molecule has 2 unspecified atom stereocenters. The Morgan fingerprint density at radius 1 is 1.15 bits per heavy atom. The molecule has 2 atom stereocenters. The van der Waals surface area contributed by atoms with Crippen molar-refractivity contribution in [2.75, 3.05) is 32.8 Å². The van der Waals surface area contributed by atoms with E-state index >= 15 is 0 Å². The van der Waals surface area contributed by atoms with Crippen LogP contribution in [0.15, 0.2) is 0 Å². The lowest BCUT2D eigenvalue weighted by atomic mass is 9.92. The van der Waals surface area contributed by atoms with Gasteiger partial charge in [0, 0.05) is 49.8 Å². The third-order valence-electron chi connectivity index (χ3n) is 4.77. The van der Waals surface area contributed by atoms with Gasteiger partial charge in [0.1, 0.15) is 0 Å². The molecule has 20 heavy (non-hydrogen) atoms. The third kappa shape index (κ3) is 4.42. The van der Waals surface area contributed by atoms with E-state index in [1.807, 2.05) is 0 Å². The van der Waals surface area contributed by atoms with Crippen molar-refractivity contribution in [1.29, 1.82) is 0 Å². The Labute approximate surface area is 124 Å². The van der Waals surface area contributed by atoms with Crippen molar-refractivity contribution in [3.8, 4) is 0 Å². The molecule has 0 radical (unpaired) electrons. The highest BCUT2D eigenvalue weighted by Crippen LogP contribution is 2.28. The van der Waals surface area contributed by atoms with Crippen LogP contribution in [0.1, 0.15) is 47.0 Å². The number of aliphatic hydroxyl groups is 1. The van der Waals surface area contributed by atoms with E-state index in [-0.39, 0.29) is 12.1 Å². The van der Waals surface area contributed by atoms with E-state index in [1.165, 1.54) is 39.0 Å². The molecule has 1 saturated heterocycles. The first kappa shape index (κ1) is 16.2. The molecule has 1 saturated carbocycles. The van der Waals surface area contributed by atoms with Crippen LogP contribution in [0.4, 0.5) is 0 Å². The second-order valence-electron chi connectivity index (χ2n) is 7.37.